The van der Waals surface area contributed by atoms with Crippen molar-refractivity contribution in [1.82, 2.24) is 10.6 Å². The molecule has 72 valence electrons. The second kappa shape index (κ2) is 4.28. The Morgan fingerprint density at radius 1 is 1.36 bits per heavy atom. The molecule has 1 aliphatic rings. The van der Waals surface area contributed by atoms with E-state index in [1.54, 1.807) is 0 Å². The maximum atomic E-state index is 5.36. The van der Waals surface area contributed by atoms with Crippen LogP contribution in [0, 0.1) is 12.3 Å². The fourth-order valence-electron chi connectivity index (χ4n) is 1.73. The first-order chi connectivity index (χ1) is 6.90. The minimum absolute atomic E-state index is 0.400. The molecule has 2 heteroatoms. The Labute approximate surface area is 84.7 Å². The molecule has 1 aromatic rings. The van der Waals surface area contributed by atoms with Crippen molar-refractivity contribution in [3.63, 3.8) is 0 Å². The summed E-state index contributed by atoms with van der Waals surface area (Å²) in [7, 11) is 0. The third kappa shape index (κ3) is 1.95. The van der Waals surface area contributed by atoms with Gasteiger partial charge in [-0.15, -0.1) is 6.42 Å². The monoisotopic (exact) mass is 186 g/mol. The van der Waals surface area contributed by atoms with E-state index in [2.05, 4.69) is 28.7 Å². The summed E-state index contributed by atoms with van der Waals surface area (Å²) in [5.74, 6) is 2.66. The molecule has 0 unspecified atom stereocenters. The molecular weight excluding hydrogens is 172 g/mol. The molecule has 1 aromatic carbocycles. The third-order valence-corrected chi connectivity index (χ3v) is 2.50. The Hall–Kier alpha value is -1.30. The maximum Gasteiger partial charge on any atom is 0.0447 e. The Balaban J connectivity index is 2.18. The van der Waals surface area contributed by atoms with Gasteiger partial charge in [-0.3, -0.25) is 0 Å². The smallest absolute Gasteiger partial charge is 0.0447 e. The largest absolute Gasteiger partial charge is 0.314 e. The first kappa shape index (κ1) is 9.26. The highest BCUT2D eigenvalue weighted by atomic mass is 15.1. The number of piperazine rings is 1. The molecule has 0 radical (unpaired) electrons. The van der Waals surface area contributed by atoms with E-state index in [0.717, 1.165) is 25.2 Å². The molecule has 0 aliphatic carbocycles. The lowest BCUT2D eigenvalue weighted by Crippen LogP contribution is -2.42. The predicted molar refractivity (Wildman–Crippen MR) is 58.0 cm³/mol. The molecule has 0 bridgehead atoms. The van der Waals surface area contributed by atoms with Gasteiger partial charge in [0, 0.05) is 31.2 Å². The van der Waals surface area contributed by atoms with Crippen LogP contribution in [-0.2, 0) is 0 Å². The minimum Gasteiger partial charge on any atom is -0.314 e. The van der Waals surface area contributed by atoms with Crippen molar-refractivity contribution in [2.45, 2.75) is 6.04 Å². The van der Waals surface area contributed by atoms with E-state index in [0.29, 0.717) is 6.04 Å². The third-order valence-electron chi connectivity index (χ3n) is 2.50. The van der Waals surface area contributed by atoms with E-state index in [1.807, 2.05) is 12.1 Å². The first-order valence-corrected chi connectivity index (χ1v) is 4.91. The summed E-state index contributed by atoms with van der Waals surface area (Å²) in [6, 6.07) is 8.56. The molecule has 1 atom stereocenters. The van der Waals surface area contributed by atoms with Crippen molar-refractivity contribution in [2.24, 2.45) is 0 Å². The highest BCUT2D eigenvalue weighted by Crippen LogP contribution is 2.14. The average molecular weight is 186 g/mol. The summed E-state index contributed by atoms with van der Waals surface area (Å²) in [5, 5.41) is 6.81. The average Bonchev–Trinajstić information content (AvgIpc) is 2.30. The summed E-state index contributed by atoms with van der Waals surface area (Å²) < 4.78 is 0. The topological polar surface area (TPSA) is 24.1 Å². The van der Waals surface area contributed by atoms with Crippen LogP contribution < -0.4 is 10.6 Å². The van der Waals surface area contributed by atoms with E-state index >= 15 is 0 Å². The standard InChI is InChI=1S/C12H14N2/c1-2-10-4-3-5-11(8-10)12-9-13-6-7-14-12/h1,3-5,8,12-14H,6-7,9H2/t12-/m0/s1. The lowest BCUT2D eigenvalue weighted by molar-refractivity contribution is 0.430. The number of terminal acetylenes is 1. The summed E-state index contributed by atoms with van der Waals surface area (Å²) >= 11 is 0. The van der Waals surface area contributed by atoms with Gasteiger partial charge in [0.2, 0.25) is 0 Å². The summed E-state index contributed by atoms with van der Waals surface area (Å²) in [4.78, 5) is 0. The van der Waals surface area contributed by atoms with Gasteiger partial charge in [0.1, 0.15) is 0 Å². The molecule has 2 N–H and O–H groups in total. The molecule has 0 saturated carbocycles. The van der Waals surface area contributed by atoms with Gasteiger partial charge in [0.15, 0.2) is 0 Å². The Morgan fingerprint density at radius 2 is 2.29 bits per heavy atom. The lowest BCUT2D eigenvalue weighted by atomic mass is 10.0. The zero-order chi connectivity index (χ0) is 9.80. The second-order valence-corrected chi connectivity index (χ2v) is 3.48. The van der Waals surface area contributed by atoms with Crippen LogP contribution in [0.1, 0.15) is 17.2 Å². The van der Waals surface area contributed by atoms with Gasteiger partial charge in [-0.25, -0.2) is 0 Å². The highest BCUT2D eigenvalue weighted by molar-refractivity contribution is 5.36. The van der Waals surface area contributed by atoms with Crippen molar-refractivity contribution >= 4 is 0 Å². The molecule has 0 aromatic heterocycles. The molecule has 1 heterocycles. The van der Waals surface area contributed by atoms with Crippen molar-refractivity contribution in [3.8, 4) is 12.3 Å². The molecule has 0 amide bonds. The van der Waals surface area contributed by atoms with Crippen molar-refractivity contribution in [3.05, 3.63) is 35.4 Å². The molecule has 1 fully saturated rings. The van der Waals surface area contributed by atoms with Crippen molar-refractivity contribution in [2.75, 3.05) is 19.6 Å². The van der Waals surface area contributed by atoms with Gasteiger partial charge in [0.05, 0.1) is 0 Å². The molecule has 0 spiro atoms. The summed E-state index contributed by atoms with van der Waals surface area (Å²) in [5.41, 5.74) is 2.22. The fraction of sp³-hybridized carbons (Fsp3) is 0.333. The molecule has 2 nitrogen and oxygen atoms in total. The normalized spacial score (nSPS) is 21.5. The van der Waals surface area contributed by atoms with E-state index < -0.39 is 0 Å². The van der Waals surface area contributed by atoms with Gasteiger partial charge in [-0.05, 0) is 17.7 Å². The number of hydrogen-bond acceptors (Lipinski definition) is 2. The lowest BCUT2D eigenvalue weighted by Gasteiger charge is -2.24. The van der Waals surface area contributed by atoms with Crippen LogP contribution in [0.15, 0.2) is 24.3 Å². The van der Waals surface area contributed by atoms with Crippen LogP contribution >= 0.6 is 0 Å². The predicted octanol–water partition coefficient (Wildman–Crippen LogP) is 0.902. The second-order valence-electron chi connectivity index (χ2n) is 3.48. The summed E-state index contributed by atoms with van der Waals surface area (Å²) in [6.07, 6.45) is 5.36. The van der Waals surface area contributed by atoms with Gasteiger partial charge in [-0.2, -0.15) is 0 Å². The summed E-state index contributed by atoms with van der Waals surface area (Å²) in [6.45, 7) is 3.05. The van der Waals surface area contributed by atoms with E-state index in [-0.39, 0.29) is 0 Å². The Bertz CT molecular complexity index is 346. The molecule has 1 aliphatic heterocycles. The van der Waals surface area contributed by atoms with E-state index in [9.17, 15) is 0 Å². The zero-order valence-electron chi connectivity index (χ0n) is 8.09. The van der Waals surface area contributed by atoms with Crippen LogP contribution in [0.3, 0.4) is 0 Å². The number of rotatable bonds is 1. The van der Waals surface area contributed by atoms with Gasteiger partial charge in [-0.1, -0.05) is 18.1 Å². The molecule has 14 heavy (non-hydrogen) atoms. The molecule has 1 saturated heterocycles. The minimum atomic E-state index is 0.400. The number of benzene rings is 1. The van der Waals surface area contributed by atoms with Gasteiger partial charge < -0.3 is 10.6 Å². The SMILES string of the molecule is C#Cc1cccc([C@@H]2CNCCN2)c1. The zero-order valence-corrected chi connectivity index (χ0v) is 8.09. The Kier molecular flexibility index (Phi) is 2.83. The maximum absolute atomic E-state index is 5.36. The van der Waals surface area contributed by atoms with Gasteiger partial charge >= 0.3 is 0 Å². The highest BCUT2D eigenvalue weighted by Gasteiger charge is 2.13. The first-order valence-electron chi connectivity index (χ1n) is 4.91. The number of hydrogen-bond donors (Lipinski definition) is 2. The molecule has 2 rings (SSSR count). The van der Waals surface area contributed by atoms with E-state index in [1.165, 1.54) is 5.56 Å². The Morgan fingerprint density at radius 3 is 3.00 bits per heavy atom. The van der Waals surface area contributed by atoms with Crippen molar-refractivity contribution in [1.29, 1.82) is 0 Å². The fourth-order valence-corrected chi connectivity index (χ4v) is 1.73. The van der Waals surface area contributed by atoms with Crippen LogP contribution in [0.4, 0.5) is 0 Å². The van der Waals surface area contributed by atoms with E-state index in [4.69, 9.17) is 6.42 Å². The van der Waals surface area contributed by atoms with Gasteiger partial charge in [0.25, 0.3) is 0 Å². The van der Waals surface area contributed by atoms with Crippen LogP contribution in [0.25, 0.3) is 0 Å². The van der Waals surface area contributed by atoms with Crippen LogP contribution in [0.2, 0.25) is 0 Å². The molecular formula is C12H14N2. The quantitative estimate of drug-likeness (QED) is 0.637. The van der Waals surface area contributed by atoms with Crippen LogP contribution in [0.5, 0.6) is 0 Å². The van der Waals surface area contributed by atoms with Crippen molar-refractivity contribution < 1.29 is 0 Å². The number of nitrogens with one attached hydrogen (secondary N) is 2. The van der Waals surface area contributed by atoms with Crippen LogP contribution in [-0.4, -0.2) is 19.6 Å².